The Morgan fingerprint density at radius 1 is 1.14 bits per heavy atom. The van der Waals surface area contributed by atoms with Crippen LogP contribution in [0.4, 0.5) is 0 Å². The standard InChI is InChI=1S/C15H17N5O/c1-4-11-10(8-9(3)19-20-11)14-16-12-6-7-13(21-5-2)17-15(12)18-14/h6-8H,4-5H2,1-3H3,(H,16,17,18). The summed E-state index contributed by atoms with van der Waals surface area (Å²) < 4.78 is 5.41. The summed E-state index contributed by atoms with van der Waals surface area (Å²) in [6.45, 7) is 6.49. The van der Waals surface area contributed by atoms with Gasteiger partial charge < -0.3 is 9.72 Å². The summed E-state index contributed by atoms with van der Waals surface area (Å²) in [5.41, 5.74) is 4.29. The second-order valence-electron chi connectivity index (χ2n) is 4.74. The minimum absolute atomic E-state index is 0.586. The van der Waals surface area contributed by atoms with Crippen LogP contribution in [0.3, 0.4) is 0 Å². The molecule has 0 aliphatic rings. The Bertz CT molecular complexity index is 781. The predicted molar refractivity (Wildman–Crippen MR) is 80.2 cm³/mol. The van der Waals surface area contributed by atoms with Crippen molar-refractivity contribution in [2.75, 3.05) is 6.61 Å². The number of aromatic amines is 1. The maximum atomic E-state index is 5.41. The first kappa shape index (κ1) is 13.5. The molecule has 3 rings (SSSR count). The van der Waals surface area contributed by atoms with E-state index in [1.54, 1.807) is 0 Å². The molecule has 0 radical (unpaired) electrons. The summed E-state index contributed by atoms with van der Waals surface area (Å²) in [4.78, 5) is 12.2. The summed E-state index contributed by atoms with van der Waals surface area (Å²) in [5.74, 6) is 1.35. The first-order valence-electron chi connectivity index (χ1n) is 7.04. The highest BCUT2D eigenvalue weighted by molar-refractivity contribution is 5.77. The third-order valence-corrected chi connectivity index (χ3v) is 3.20. The topological polar surface area (TPSA) is 76.6 Å². The van der Waals surface area contributed by atoms with Crippen LogP contribution in [0.5, 0.6) is 5.88 Å². The lowest BCUT2D eigenvalue weighted by atomic mass is 10.1. The molecule has 0 atom stereocenters. The van der Waals surface area contributed by atoms with Crippen molar-refractivity contribution < 1.29 is 4.74 Å². The second kappa shape index (κ2) is 5.47. The molecular formula is C15H17N5O. The largest absolute Gasteiger partial charge is 0.478 e. The lowest BCUT2D eigenvalue weighted by Crippen LogP contribution is -1.98. The number of H-pyrrole nitrogens is 1. The van der Waals surface area contributed by atoms with Crippen LogP contribution < -0.4 is 4.74 Å². The molecule has 0 bridgehead atoms. The van der Waals surface area contributed by atoms with Crippen molar-refractivity contribution in [1.82, 2.24) is 25.1 Å². The van der Waals surface area contributed by atoms with Crippen LogP contribution in [0, 0.1) is 6.92 Å². The van der Waals surface area contributed by atoms with Gasteiger partial charge in [-0.25, -0.2) is 4.98 Å². The molecular weight excluding hydrogens is 266 g/mol. The molecule has 3 heterocycles. The van der Waals surface area contributed by atoms with Crippen LogP contribution >= 0.6 is 0 Å². The zero-order valence-corrected chi connectivity index (χ0v) is 12.3. The van der Waals surface area contributed by atoms with Gasteiger partial charge in [-0.1, -0.05) is 6.92 Å². The molecule has 108 valence electrons. The van der Waals surface area contributed by atoms with Crippen molar-refractivity contribution in [1.29, 1.82) is 0 Å². The molecule has 0 spiro atoms. The molecule has 6 nitrogen and oxygen atoms in total. The van der Waals surface area contributed by atoms with E-state index < -0.39 is 0 Å². The normalized spacial score (nSPS) is 11.0. The zero-order valence-electron chi connectivity index (χ0n) is 12.3. The highest BCUT2D eigenvalue weighted by atomic mass is 16.5. The van der Waals surface area contributed by atoms with Crippen molar-refractivity contribution >= 4 is 11.2 Å². The van der Waals surface area contributed by atoms with Gasteiger partial charge in [0, 0.05) is 11.6 Å². The molecule has 0 saturated carbocycles. The number of hydrogen-bond acceptors (Lipinski definition) is 5. The van der Waals surface area contributed by atoms with Crippen LogP contribution in [0.15, 0.2) is 18.2 Å². The average Bonchev–Trinajstić information content (AvgIpc) is 2.90. The third-order valence-electron chi connectivity index (χ3n) is 3.20. The number of hydrogen-bond donors (Lipinski definition) is 1. The molecule has 0 aliphatic carbocycles. The number of fused-ring (bicyclic) bond motifs is 1. The van der Waals surface area contributed by atoms with E-state index in [0.29, 0.717) is 18.1 Å². The quantitative estimate of drug-likeness (QED) is 0.796. The summed E-state index contributed by atoms with van der Waals surface area (Å²) >= 11 is 0. The van der Waals surface area contributed by atoms with Gasteiger partial charge >= 0.3 is 0 Å². The van der Waals surface area contributed by atoms with Gasteiger partial charge in [-0.15, -0.1) is 0 Å². The van der Waals surface area contributed by atoms with Crippen molar-refractivity contribution in [3.63, 3.8) is 0 Å². The molecule has 0 fully saturated rings. The molecule has 0 saturated heterocycles. The number of imidazole rings is 1. The van der Waals surface area contributed by atoms with Crippen LogP contribution in [0.25, 0.3) is 22.6 Å². The molecule has 21 heavy (non-hydrogen) atoms. The summed E-state index contributed by atoms with van der Waals surface area (Å²) in [5, 5.41) is 8.34. The molecule has 0 amide bonds. The minimum atomic E-state index is 0.586. The van der Waals surface area contributed by atoms with Crippen LogP contribution in [-0.2, 0) is 6.42 Å². The molecule has 6 heteroatoms. The summed E-state index contributed by atoms with van der Waals surface area (Å²) in [6, 6.07) is 5.76. The first-order chi connectivity index (χ1) is 10.2. The fourth-order valence-corrected chi connectivity index (χ4v) is 2.21. The first-order valence-corrected chi connectivity index (χ1v) is 7.04. The number of nitrogens with zero attached hydrogens (tertiary/aromatic N) is 4. The summed E-state index contributed by atoms with van der Waals surface area (Å²) in [7, 11) is 0. The predicted octanol–water partition coefficient (Wildman–Crippen LogP) is 2.68. The van der Waals surface area contributed by atoms with Crippen molar-refractivity contribution in [3.05, 3.63) is 29.6 Å². The maximum Gasteiger partial charge on any atom is 0.215 e. The van der Waals surface area contributed by atoms with Crippen LogP contribution in [0.2, 0.25) is 0 Å². The van der Waals surface area contributed by atoms with Gasteiger partial charge in [0.1, 0.15) is 5.82 Å². The van der Waals surface area contributed by atoms with Crippen LogP contribution in [0.1, 0.15) is 25.2 Å². The molecule has 3 aromatic rings. The van der Waals surface area contributed by atoms with Gasteiger partial charge in [-0.2, -0.15) is 15.2 Å². The average molecular weight is 283 g/mol. The van der Waals surface area contributed by atoms with E-state index in [9.17, 15) is 0 Å². The Kier molecular flexibility index (Phi) is 3.51. The Balaban J connectivity index is 2.10. The highest BCUT2D eigenvalue weighted by Gasteiger charge is 2.12. The van der Waals surface area contributed by atoms with Gasteiger partial charge in [0.2, 0.25) is 5.88 Å². The van der Waals surface area contributed by atoms with E-state index in [0.717, 1.165) is 34.7 Å². The third kappa shape index (κ3) is 2.56. The van der Waals surface area contributed by atoms with E-state index in [4.69, 9.17) is 4.74 Å². The Morgan fingerprint density at radius 2 is 2.00 bits per heavy atom. The van der Waals surface area contributed by atoms with Gasteiger partial charge in [-0.3, -0.25) is 0 Å². The van der Waals surface area contributed by atoms with Crippen molar-refractivity contribution in [3.8, 4) is 17.3 Å². The fourth-order valence-electron chi connectivity index (χ4n) is 2.21. The number of ether oxygens (including phenoxy) is 1. The van der Waals surface area contributed by atoms with E-state index >= 15 is 0 Å². The summed E-state index contributed by atoms with van der Waals surface area (Å²) in [6.07, 6.45) is 0.803. The highest BCUT2D eigenvalue weighted by Crippen LogP contribution is 2.24. The molecule has 3 aromatic heterocycles. The fraction of sp³-hybridized carbons (Fsp3) is 0.333. The second-order valence-corrected chi connectivity index (χ2v) is 4.74. The Labute approximate surface area is 122 Å². The molecule has 0 aromatic carbocycles. The van der Waals surface area contributed by atoms with E-state index in [2.05, 4.69) is 32.1 Å². The van der Waals surface area contributed by atoms with Crippen molar-refractivity contribution in [2.24, 2.45) is 0 Å². The number of aryl methyl sites for hydroxylation is 2. The monoisotopic (exact) mass is 283 g/mol. The van der Waals surface area contributed by atoms with E-state index in [1.165, 1.54) is 0 Å². The van der Waals surface area contributed by atoms with Crippen LogP contribution in [-0.4, -0.2) is 31.8 Å². The minimum Gasteiger partial charge on any atom is -0.478 e. The van der Waals surface area contributed by atoms with E-state index in [1.807, 2.05) is 32.0 Å². The zero-order chi connectivity index (χ0) is 14.8. The number of pyridine rings is 1. The van der Waals surface area contributed by atoms with Crippen molar-refractivity contribution in [2.45, 2.75) is 27.2 Å². The molecule has 1 N–H and O–H groups in total. The lowest BCUT2D eigenvalue weighted by molar-refractivity contribution is 0.328. The SMILES string of the molecule is CCOc1ccc2[nH]c(-c3cc(C)nnc3CC)nc2n1. The van der Waals surface area contributed by atoms with Gasteiger partial charge in [0.15, 0.2) is 5.65 Å². The lowest BCUT2D eigenvalue weighted by Gasteiger charge is -2.03. The smallest absolute Gasteiger partial charge is 0.215 e. The Morgan fingerprint density at radius 3 is 2.76 bits per heavy atom. The van der Waals surface area contributed by atoms with Gasteiger partial charge in [-0.05, 0) is 32.4 Å². The number of aromatic nitrogens is 5. The van der Waals surface area contributed by atoms with E-state index in [-0.39, 0.29) is 0 Å². The number of nitrogens with one attached hydrogen (secondary N) is 1. The maximum absolute atomic E-state index is 5.41. The molecule has 0 unspecified atom stereocenters. The molecule has 0 aliphatic heterocycles. The van der Waals surface area contributed by atoms with Gasteiger partial charge in [0.25, 0.3) is 0 Å². The Hall–Kier alpha value is -2.50. The number of rotatable bonds is 4. The van der Waals surface area contributed by atoms with Gasteiger partial charge in [0.05, 0.1) is 23.5 Å².